The first-order valence-electron chi connectivity index (χ1n) is 3.38. The third kappa shape index (κ3) is 8.90. The Bertz CT molecular complexity index is 143. The van der Waals surface area contributed by atoms with Gasteiger partial charge in [-0.1, -0.05) is 12.2 Å². The fourth-order valence-corrected chi connectivity index (χ4v) is 0.839. The molecule has 0 amide bonds. The Hall–Kier alpha value is -1.10. The lowest BCUT2D eigenvalue weighted by atomic mass is 10.0. The highest BCUT2D eigenvalue weighted by Gasteiger charge is 1.99. The molecule has 1 aliphatic carbocycles. The molecule has 0 saturated carbocycles. The van der Waals surface area contributed by atoms with E-state index in [0.717, 1.165) is 0 Å². The molecular formula is C6H12N2O3. The maximum absolute atomic E-state index is 8.36. The molecule has 64 valence electrons. The van der Waals surface area contributed by atoms with Gasteiger partial charge in [-0.2, -0.15) is 0 Å². The van der Waals surface area contributed by atoms with Crippen molar-refractivity contribution in [3.8, 4) is 0 Å². The van der Waals surface area contributed by atoms with Gasteiger partial charge >= 0.3 is 0 Å². The van der Waals surface area contributed by atoms with Gasteiger partial charge in [-0.3, -0.25) is 0 Å². The quantitative estimate of drug-likeness (QED) is 0.310. The van der Waals surface area contributed by atoms with Crippen LogP contribution in [0.2, 0.25) is 0 Å². The number of nitrogens with two attached hydrogens (primary N) is 1. The molecule has 1 atom stereocenters. The fraction of sp³-hybridized carbons (Fsp3) is 0.667. The summed E-state index contributed by atoms with van der Waals surface area (Å²) in [6.07, 6.45) is 7.93. The molecule has 11 heavy (non-hydrogen) atoms. The predicted octanol–water partition coefficient (Wildman–Crippen LogP) is 0.706. The summed E-state index contributed by atoms with van der Waals surface area (Å²) in [6.45, 7) is 0. The second-order valence-corrected chi connectivity index (χ2v) is 2.26. The summed E-state index contributed by atoms with van der Waals surface area (Å²) in [6, 6.07) is 0.355. The Kier molecular flexibility index (Phi) is 5.10. The Labute approximate surface area is 64.6 Å². The molecule has 1 aliphatic rings. The van der Waals surface area contributed by atoms with Gasteiger partial charge < -0.3 is 10.9 Å². The lowest BCUT2D eigenvalue weighted by Crippen LogP contribution is -2.17. The molecule has 0 saturated heterocycles. The molecule has 0 aromatic heterocycles. The third-order valence-corrected chi connectivity index (χ3v) is 1.29. The average Bonchev–Trinajstić information content (AvgIpc) is 1.87. The van der Waals surface area contributed by atoms with Gasteiger partial charge in [-0.05, 0) is 19.3 Å². The van der Waals surface area contributed by atoms with E-state index in [0.29, 0.717) is 6.04 Å². The smallest absolute Gasteiger partial charge is 0.291 e. The van der Waals surface area contributed by atoms with Gasteiger partial charge in [0.15, 0.2) is 0 Å². The van der Waals surface area contributed by atoms with Gasteiger partial charge in [0.25, 0.3) is 5.09 Å². The van der Waals surface area contributed by atoms with Crippen molar-refractivity contribution in [2.75, 3.05) is 0 Å². The van der Waals surface area contributed by atoms with E-state index in [1.807, 2.05) is 0 Å². The normalized spacial score (nSPS) is 21.7. The van der Waals surface area contributed by atoms with Crippen LogP contribution in [0.25, 0.3) is 0 Å². The van der Waals surface area contributed by atoms with Crippen LogP contribution in [0.5, 0.6) is 0 Å². The zero-order chi connectivity index (χ0) is 8.69. The maximum Gasteiger partial charge on any atom is 0.291 e. The topological polar surface area (TPSA) is 89.4 Å². The molecule has 0 fully saturated rings. The molecule has 1 rings (SSSR count). The second kappa shape index (κ2) is 5.67. The van der Waals surface area contributed by atoms with E-state index in [4.69, 9.17) is 21.1 Å². The summed E-state index contributed by atoms with van der Waals surface area (Å²) in [5.41, 5.74) is 5.55. The number of allylic oxidation sites excluding steroid dienone is 1. The van der Waals surface area contributed by atoms with Crippen LogP contribution >= 0.6 is 0 Å². The van der Waals surface area contributed by atoms with Crippen molar-refractivity contribution < 1.29 is 10.3 Å². The molecule has 5 heteroatoms. The Morgan fingerprint density at radius 3 is 2.45 bits per heavy atom. The van der Waals surface area contributed by atoms with E-state index in [-0.39, 0.29) is 0 Å². The molecule has 0 aliphatic heterocycles. The Morgan fingerprint density at radius 1 is 1.73 bits per heavy atom. The van der Waals surface area contributed by atoms with Gasteiger partial charge in [0.1, 0.15) is 0 Å². The summed E-state index contributed by atoms with van der Waals surface area (Å²) in [7, 11) is 0. The SMILES string of the molecule is NC1C=CCCC1.O=[N+]([O-])O. The van der Waals surface area contributed by atoms with Crippen LogP contribution in [-0.2, 0) is 0 Å². The molecule has 0 spiro atoms. The van der Waals surface area contributed by atoms with Crippen molar-refractivity contribution in [2.45, 2.75) is 25.3 Å². The summed E-state index contributed by atoms with van der Waals surface area (Å²) >= 11 is 0. The first kappa shape index (κ1) is 9.90. The van der Waals surface area contributed by atoms with Crippen LogP contribution in [0.15, 0.2) is 12.2 Å². The highest BCUT2D eigenvalue weighted by molar-refractivity contribution is 4.95. The van der Waals surface area contributed by atoms with Gasteiger partial charge in [-0.25, -0.2) is 0 Å². The van der Waals surface area contributed by atoms with E-state index >= 15 is 0 Å². The fourth-order valence-electron chi connectivity index (χ4n) is 0.839. The monoisotopic (exact) mass is 160 g/mol. The first-order chi connectivity index (χ1) is 5.13. The maximum atomic E-state index is 8.36. The summed E-state index contributed by atoms with van der Waals surface area (Å²) < 4.78 is 0. The zero-order valence-corrected chi connectivity index (χ0v) is 6.14. The molecule has 0 aromatic carbocycles. The zero-order valence-electron chi connectivity index (χ0n) is 6.14. The van der Waals surface area contributed by atoms with Crippen LogP contribution in [0, 0.1) is 10.1 Å². The molecule has 0 bridgehead atoms. The first-order valence-corrected chi connectivity index (χ1v) is 3.38. The summed E-state index contributed by atoms with van der Waals surface area (Å²) in [5.74, 6) is 0. The number of rotatable bonds is 0. The van der Waals surface area contributed by atoms with E-state index in [1.54, 1.807) is 0 Å². The molecule has 0 heterocycles. The van der Waals surface area contributed by atoms with Crippen LogP contribution in [0.3, 0.4) is 0 Å². The number of hydrogen-bond donors (Lipinski definition) is 2. The van der Waals surface area contributed by atoms with Crippen LogP contribution in [0.4, 0.5) is 0 Å². The number of nitrogens with zero attached hydrogens (tertiary/aromatic N) is 1. The lowest BCUT2D eigenvalue weighted by molar-refractivity contribution is -0.742. The van der Waals surface area contributed by atoms with Crippen molar-refractivity contribution in [1.82, 2.24) is 0 Å². The largest absolute Gasteiger partial charge is 0.328 e. The van der Waals surface area contributed by atoms with Crippen molar-refractivity contribution in [2.24, 2.45) is 5.73 Å². The molecule has 1 unspecified atom stereocenters. The van der Waals surface area contributed by atoms with E-state index in [9.17, 15) is 0 Å². The minimum Gasteiger partial charge on any atom is -0.328 e. The van der Waals surface area contributed by atoms with E-state index < -0.39 is 5.09 Å². The minimum absolute atomic E-state index is 0.355. The van der Waals surface area contributed by atoms with Gasteiger partial charge in [-0.15, -0.1) is 10.1 Å². The summed E-state index contributed by atoms with van der Waals surface area (Å²) in [5, 5.41) is 13.6. The highest BCUT2D eigenvalue weighted by Crippen LogP contribution is 2.06. The van der Waals surface area contributed by atoms with Crippen molar-refractivity contribution in [3.63, 3.8) is 0 Å². The van der Waals surface area contributed by atoms with Crippen molar-refractivity contribution >= 4 is 0 Å². The molecule has 3 N–H and O–H groups in total. The van der Waals surface area contributed by atoms with Crippen molar-refractivity contribution in [1.29, 1.82) is 0 Å². The second-order valence-electron chi connectivity index (χ2n) is 2.26. The molecular weight excluding hydrogens is 148 g/mol. The van der Waals surface area contributed by atoms with Crippen LogP contribution < -0.4 is 5.73 Å². The molecule has 0 aromatic rings. The Balaban J connectivity index is 0.000000218. The Morgan fingerprint density at radius 2 is 2.27 bits per heavy atom. The standard InChI is InChI=1S/C6H11N.HNO3/c7-6-4-2-1-3-5-6;2-1(3)4/h2,4,6H,1,3,5,7H2;(H,2,3,4). The predicted molar refractivity (Wildman–Crippen MR) is 39.7 cm³/mol. The highest BCUT2D eigenvalue weighted by atomic mass is 16.9. The van der Waals surface area contributed by atoms with Crippen LogP contribution in [0.1, 0.15) is 19.3 Å². The van der Waals surface area contributed by atoms with Gasteiger partial charge in [0, 0.05) is 6.04 Å². The lowest BCUT2D eigenvalue weighted by Gasteiger charge is -2.08. The minimum atomic E-state index is -1.50. The summed E-state index contributed by atoms with van der Waals surface area (Å²) in [4.78, 5) is 8.36. The van der Waals surface area contributed by atoms with E-state index in [2.05, 4.69) is 12.2 Å². The van der Waals surface area contributed by atoms with Gasteiger partial charge in [0.05, 0.1) is 0 Å². The third-order valence-electron chi connectivity index (χ3n) is 1.29. The average molecular weight is 160 g/mol. The van der Waals surface area contributed by atoms with Crippen LogP contribution in [-0.4, -0.2) is 16.3 Å². The van der Waals surface area contributed by atoms with Gasteiger partial charge in [0.2, 0.25) is 0 Å². The van der Waals surface area contributed by atoms with Crippen molar-refractivity contribution in [3.05, 3.63) is 22.3 Å². The number of hydrogen-bond acceptors (Lipinski definition) is 3. The molecule has 0 radical (unpaired) electrons. The van der Waals surface area contributed by atoms with E-state index in [1.165, 1.54) is 19.3 Å². The molecule has 5 nitrogen and oxygen atoms in total.